The first-order valence-electron chi connectivity index (χ1n) is 9.12. The third kappa shape index (κ3) is 3.12. The number of primary amides is 1. The molecule has 1 aliphatic rings. The van der Waals surface area contributed by atoms with E-state index in [0.717, 1.165) is 12.1 Å². The van der Waals surface area contributed by atoms with Crippen LogP contribution in [0.25, 0.3) is 28.2 Å². The highest BCUT2D eigenvalue weighted by atomic mass is 19.4. The van der Waals surface area contributed by atoms with Crippen LogP contribution in [0.5, 0.6) is 11.5 Å². The maximum Gasteiger partial charge on any atom is 0.416 e. The summed E-state index contributed by atoms with van der Waals surface area (Å²) in [6, 6.07) is 8.83. The molecule has 0 atom stereocenters. The number of halogens is 3. The van der Waals surface area contributed by atoms with E-state index in [1.807, 2.05) is 0 Å². The van der Waals surface area contributed by atoms with Crippen LogP contribution in [0.3, 0.4) is 0 Å². The molecule has 2 aromatic heterocycles. The van der Waals surface area contributed by atoms with Crippen molar-refractivity contribution in [3.05, 3.63) is 64.2 Å². The van der Waals surface area contributed by atoms with Crippen molar-refractivity contribution in [2.75, 3.05) is 6.79 Å². The molecule has 0 bridgehead atoms. The van der Waals surface area contributed by atoms with E-state index in [1.165, 1.54) is 16.7 Å². The molecule has 0 saturated carbocycles. The molecular formula is C20H12F3N5O4. The average Bonchev–Trinajstić information content (AvgIpc) is 3.35. The highest BCUT2D eigenvalue weighted by molar-refractivity contribution is 6.02. The van der Waals surface area contributed by atoms with E-state index in [9.17, 15) is 22.8 Å². The van der Waals surface area contributed by atoms with Crippen molar-refractivity contribution < 1.29 is 27.4 Å². The molecular weight excluding hydrogens is 431 g/mol. The van der Waals surface area contributed by atoms with E-state index in [-0.39, 0.29) is 35.0 Å². The van der Waals surface area contributed by atoms with Crippen molar-refractivity contribution in [2.45, 2.75) is 6.18 Å². The molecule has 1 aliphatic heterocycles. The number of imidazole rings is 1. The molecule has 4 aromatic rings. The van der Waals surface area contributed by atoms with Crippen LogP contribution in [-0.4, -0.2) is 32.2 Å². The van der Waals surface area contributed by atoms with Crippen LogP contribution in [0.15, 0.2) is 47.3 Å². The number of nitrogens with two attached hydrogens (primary N) is 1. The van der Waals surface area contributed by atoms with Gasteiger partial charge in [0, 0.05) is 11.6 Å². The third-order valence-corrected chi connectivity index (χ3v) is 4.85. The molecule has 0 unspecified atom stereocenters. The molecule has 1 amide bonds. The number of rotatable bonds is 3. The second-order valence-electron chi connectivity index (χ2n) is 6.84. The molecule has 32 heavy (non-hydrogen) atoms. The van der Waals surface area contributed by atoms with Gasteiger partial charge in [0.05, 0.1) is 11.3 Å². The van der Waals surface area contributed by atoms with Crippen LogP contribution in [-0.2, 0) is 6.18 Å². The number of nitrogens with zero attached hydrogens (tertiary/aromatic N) is 3. The van der Waals surface area contributed by atoms with E-state index in [4.69, 9.17) is 15.2 Å². The number of aromatic amines is 1. The Morgan fingerprint density at radius 2 is 1.78 bits per heavy atom. The lowest BCUT2D eigenvalue weighted by Crippen LogP contribution is -2.15. The van der Waals surface area contributed by atoms with Crippen molar-refractivity contribution in [3.63, 3.8) is 0 Å². The van der Waals surface area contributed by atoms with Gasteiger partial charge in [0.2, 0.25) is 6.79 Å². The van der Waals surface area contributed by atoms with Crippen LogP contribution in [0.2, 0.25) is 0 Å². The second kappa shape index (κ2) is 6.83. The Labute approximate surface area is 176 Å². The van der Waals surface area contributed by atoms with Crippen LogP contribution in [0.4, 0.5) is 13.2 Å². The van der Waals surface area contributed by atoms with Gasteiger partial charge in [0.25, 0.3) is 5.91 Å². The Morgan fingerprint density at radius 3 is 2.47 bits per heavy atom. The van der Waals surface area contributed by atoms with Crippen molar-refractivity contribution in [1.29, 1.82) is 0 Å². The smallest absolute Gasteiger partial charge is 0.416 e. The number of ether oxygens (including phenoxy) is 2. The molecule has 0 fully saturated rings. The van der Waals surface area contributed by atoms with E-state index < -0.39 is 23.3 Å². The Bertz CT molecular complexity index is 1440. The quantitative estimate of drug-likeness (QED) is 0.502. The number of hydrogen-bond acceptors (Lipinski definition) is 6. The van der Waals surface area contributed by atoms with Crippen LogP contribution >= 0.6 is 0 Å². The monoisotopic (exact) mass is 443 g/mol. The summed E-state index contributed by atoms with van der Waals surface area (Å²) in [6.07, 6.45) is -4.51. The van der Waals surface area contributed by atoms with Gasteiger partial charge in [0.15, 0.2) is 28.7 Å². The number of amides is 1. The first kappa shape index (κ1) is 19.6. The summed E-state index contributed by atoms with van der Waals surface area (Å²) < 4.78 is 50.4. The number of fused-ring (bicyclic) bond motifs is 2. The summed E-state index contributed by atoms with van der Waals surface area (Å²) in [6.45, 7) is 0.0354. The van der Waals surface area contributed by atoms with Gasteiger partial charge in [-0.2, -0.15) is 13.2 Å². The molecule has 0 radical (unpaired) electrons. The summed E-state index contributed by atoms with van der Waals surface area (Å²) in [5.74, 6) is -0.103. The van der Waals surface area contributed by atoms with E-state index in [0.29, 0.717) is 17.2 Å². The maximum absolute atomic E-state index is 12.9. The summed E-state index contributed by atoms with van der Waals surface area (Å²) in [4.78, 5) is 35.6. The minimum atomic E-state index is -4.51. The number of carbonyl (C=O) groups excluding carboxylic acids is 1. The second-order valence-corrected chi connectivity index (χ2v) is 6.84. The number of aromatic nitrogens is 4. The topological polar surface area (TPSA) is 125 Å². The van der Waals surface area contributed by atoms with Crippen LogP contribution < -0.4 is 20.9 Å². The molecule has 3 N–H and O–H groups in total. The van der Waals surface area contributed by atoms with Gasteiger partial charge in [-0.25, -0.2) is 19.3 Å². The largest absolute Gasteiger partial charge is 0.454 e. The fraction of sp³-hybridized carbons (Fsp3) is 0.100. The number of benzene rings is 2. The Hall–Kier alpha value is -4.35. The van der Waals surface area contributed by atoms with Gasteiger partial charge in [-0.05, 0) is 24.3 Å². The standard InChI is InChI=1S/C20H12F3N5O4/c21-20(22,23)10-3-1-9(2-4-10)17-25-14(16(24)29)15-18(27-17)28(19(30)26-15)11-5-6-12-13(7-11)32-8-31-12/h1-7H,8H2,(H2,24,29)(H,26,30). The Kier molecular flexibility index (Phi) is 4.19. The number of hydrogen-bond donors (Lipinski definition) is 2. The predicted octanol–water partition coefficient (Wildman–Crippen LogP) is 2.62. The zero-order valence-electron chi connectivity index (χ0n) is 15.9. The summed E-state index contributed by atoms with van der Waals surface area (Å²) >= 11 is 0. The fourth-order valence-electron chi connectivity index (χ4n) is 3.36. The molecule has 3 heterocycles. The van der Waals surface area contributed by atoms with Crippen molar-refractivity contribution in [3.8, 4) is 28.6 Å². The first-order valence-corrected chi connectivity index (χ1v) is 9.12. The predicted molar refractivity (Wildman–Crippen MR) is 105 cm³/mol. The zero-order valence-corrected chi connectivity index (χ0v) is 15.9. The lowest BCUT2D eigenvalue weighted by atomic mass is 10.1. The summed E-state index contributed by atoms with van der Waals surface area (Å²) in [5, 5.41) is 0. The van der Waals surface area contributed by atoms with Gasteiger partial charge in [-0.3, -0.25) is 4.79 Å². The number of alkyl halides is 3. The molecule has 0 saturated heterocycles. The molecule has 5 rings (SSSR count). The summed E-state index contributed by atoms with van der Waals surface area (Å²) in [7, 11) is 0. The van der Waals surface area contributed by atoms with E-state index in [2.05, 4.69) is 15.0 Å². The Balaban J connectivity index is 1.72. The molecule has 162 valence electrons. The van der Waals surface area contributed by atoms with E-state index >= 15 is 0 Å². The van der Waals surface area contributed by atoms with Gasteiger partial charge in [-0.15, -0.1) is 0 Å². The molecule has 9 nitrogen and oxygen atoms in total. The van der Waals surface area contributed by atoms with Gasteiger partial charge < -0.3 is 20.2 Å². The fourth-order valence-corrected chi connectivity index (χ4v) is 3.36. The van der Waals surface area contributed by atoms with Gasteiger partial charge >= 0.3 is 11.9 Å². The molecule has 0 aliphatic carbocycles. The number of carbonyl (C=O) groups is 1. The molecule has 2 aromatic carbocycles. The van der Waals surface area contributed by atoms with Gasteiger partial charge in [-0.1, -0.05) is 12.1 Å². The normalized spacial score (nSPS) is 13.0. The van der Waals surface area contributed by atoms with E-state index in [1.54, 1.807) is 18.2 Å². The number of H-pyrrole nitrogens is 1. The lowest BCUT2D eigenvalue weighted by molar-refractivity contribution is -0.137. The SMILES string of the molecule is NC(=O)c1nc(-c2ccc(C(F)(F)F)cc2)nc2c1[nH]c(=O)n2-c1ccc2c(c1)OCO2. The summed E-state index contributed by atoms with van der Waals surface area (Å²) in [5.41, 5.74) is 4.26. The Morgan fingerprint density at radius 1 is 1.06 bits per heavy atom. The minimum absolute atomic E-state index is 0.00386. The lowest BCUT2D eigenvalue weighted by Gasteiger charge is -2.09. The maximum atomic E-state index is 12.9. The highest BCUT2D eigenvalue weighted by Gasteiger charge is 2.30. The van der Waals surface area contributed by atoms with Crippen molar-refractivity contribution >= 4 is 17.1 Å². The average molecular weight is 443 g/mol. The minimum Gasteiger partial charge on any atom is -0.454 e. The van der Waals surface area contributed by atoms with Crippen LogP contribution in [0.1, 0.15) is 16.1 Å². The zero-order chi connectivity index (χ0) is 22.6. The molecule has 12 heteroatoms. The third-order valence-electron chi connectivity index (χ3n) is 4.85. The molecule has 0 spiro atoms. The van der Waals surface area contributed by atoms with Crippen molar-refractivity contribution in [1.82, 2.24) is 19.5 Å². The highest BCUT2D eigenvalue weighted by Crippen LogP contribution is 2.34. The van der Waals surface area contributed by atoms with Crippen molar-refractivity contribution in [2.24, 2.45) is 5.73 Å². The van der Waals surface area contributed by atoms with Crippen LogP contribution in [0, 0.1) is 0 Å². The van der Waals surface area contributed by atoms with Gasteiger partial charge in [0.1, 0.15) is 5.52 Å². The first-order chi connectivity index (χ1) is 15.2. The number of nitrogens with one attached hydrogen (secondary N) is 1.